The van der Waals surface area contributed by atoms with Crippen LogP contribution in [0.1, 0.15) is 23.4 Å². The molecule has 0 spiro atoms. The Kier molecular flexibility index (Phi) is 4.14. The summed E-state index contributed by atoms with van der Waals surface area (Å²) >= 11 is 0. The average Bonchev–Trinajstić information content (AvgIpc) is 2.89. The van der Waals surface area contributed by atoms with Crippen molar-refractivity contribution in [2.24, 2.45) is 0 Å². The van der Waals surface area contributed by atoms with Gasteiger partial charge in [-0.3, -0.25) is 4.79 Å². The SMILES string of the molecule is O=C(c1ccco1)N(CC(F)(F)F)[C@@H]1CCCOC1. The quantitative estimate of drug-likeness (QED) is 0.852. The lowest BCUT2D eigenvalue weighted by atomic mass is 10.1. The van der Waals surface area contributed by atoms with Gasteiger partial charge in [0.05, 0.1) is 18.9 Å². The predicted molar refractivity (Wildman–Crippen MR) is 59.6 cm³/mol. The van der Waals surface area contributed by atoms with Crippen molar-refractivity contribution in [3.63, 3.8) is 0 Å². The third-order valence-corrected chi connectivity index (χ3v) is 2.92. The van der Waals surface area contributed by atoms with E-state index in [1.54, 1.807) is 0 Å². The molecular weight excluding hydrogens is 263 g/mol. The van der Waals surface area contributed by atoms with Gasteiger partial charge >= 0.3 is 6.18 Å². The molecule has 1 aliphatic heterocycles. The summed E-state index contributed by atoms with van der Waals surface area (Å²) in [7, 11) is 0. The van der Waals surface area contributed by atoms with Gasteiger partial charge in [0.1, 0.15) is 6.54 Å². The summed E-state index contributed by atoms with van der Waals surface area (Å²) in [6, 6.07) is 2.26. The molecule has 1 aromatic heterocycles. The topological polar surface area (TPSA) is 42.7 Å². The van der Waals surface area contributed by atoms with E-state index in [1.165, 1.54) is 18.4 Å². The van der Waals surface area contributed by atoms with Crippen LogP contribution in [-0.4, -0.2) is 42.8 Å². The van der Waals surface area contributed by atoms with Gasteiger partial charge in [0, 0.05) is 6.61 Å². The summed E-state index contributed by atoms with van der Waals surface area (Å²) in [6.45, 7) is -0.644. The predicted octanol–water partition coefficient (Wildman–Crippen LogP) is 2.46. The standard InChI is InChI=1S/C12H14F3NO3/c13-12(14,15)8-16(9-3-1-5-18-7-9)11(17)10-4-2-6-19-10/h2,4,6,9H,1,3,5,7-8H2/t9-/m1/s1. The number of ether oxygens (including phenoxy) is 1. The molecule has 1 amide bonds. The summed E-state index contributed by atoms with van der Waals surface area (Å²) in [5, 5.41) is 0. The number of amides is 1. The summed E-state index contributed by atoms with van der Waals surface area (Å²) in [5.41, 5.74) is 0. The minimum Gasteiger partial charge on any atom is -0.459 e. The van der Waals surface area contributed by atoms with Crippen LogP contribution in [0, 0.1) is 0 Å². The number of halogens is 3. The van der Waals surface area contributed by atoms with Crippen LogP contribution in [0.25, 0.3) is 0 Å². The van der Waals surface area contributed by atoms with Gasteiger partial charge in [-0.05, 0) is 25.0 Å². The van der Waals surface area contributed by atoms with Crippen molar-refractivity contribution in [3.05, 3.63) is 24.2 Å². The lowest BCUT2D eigenvalue weighted by molar-refractivity contribution is -0.149. The molecule has 0 aromatic carbocycles. The van der Waals surface area contributed by atoms with Gasteiger partial charge in [-0.1, -0.05) is 0 Å². The number of furan rings is 1. The number of rotatable bonds is 3. The molecule has 2 rings (SSSR count). The zero-order chi connectivity index (χ0) is 13.9. The highest BCUT2D eigenvalue weighted by Gasteiger charge is 2.38. The molecule has 7 heteroatoms. The van der Waals surface area contributed by atoms with Crippen molar-refractivity contribution in [2.45, 2.75) is 25.1 Å². The Morgan fingerprint density at radius 3 is 2.79 bits per heavy atom. The molecule has 0 unspecified atom stereocenters. The first-order valence-electron chi connectivity index (χ1n) is 5.96. The van der Waals surface area contributed by atoms with Crippen LogP contribution in [0.3, 0.4) is 0 Å². The summed E-state index contributed by atoms with van der Waals surface area (Å²) < 4.78 is 47.8. The first-order chi connectivity index (χ1) is 8.97. The number of carbonyl (C=O) groups is 1. The van der Waals surface area contributed by atoms with Crippen molar-refractivity contribution in [2.75, 3.05) is 19.8 Å². The normalized spacial score (nSPS) is 20.3. The highest BCUT2D eigenvalue weighted by Crippen LogP contribution is 2.23. The number of hydrogen-bond acceptors (Lipinski definition) is 3. The molecule has 4 nitrogen and oxygen atoms in total. The lowest BCUT2D eigenvalue weighted by Gasteiger charge is -2.34. The third-order valence-electron chi connectivity index (χ3n) is 2.92. The van der Waals surface area contributed by atoms with Crippen molar-refractivity contribution >= 4 is 5.91 Å². The maximum Gasteiger partial charge on any atom is 0.406 e. The first-order valence-corrected chi connectivity index (χ1v) is 5.96. The molecule has 1 fully saturated rings. The molecule has 1 aromatic rings. The average molecular weight is 277 g/mol. The second-order valence-corrected chi connectivity index (χ2v) is 4.40. The highest BCUT2D eigenvalue weighted by molar-refractivity contribution is 5.91. The zero-order valence-corrected chi connectivity index (χ0v) is 10.2. The van der Waals surface area contributed by atoms with Crippen LogP contribution in [-0.2, 0) is 4.74 Å². The number of hydrogen-bond donors (Lipinski definition) is 0. The fourth-order valence-corrected chi connectivity index (χ4v) is 2.07. The van der Waals surface area contributed by atoms with Gasteiger partial charge < -0.3 is 14.1 Å². The van der Waals surface area contributed by atoms with E-state index in [0.29, 0.717) is 19.4 Å². The largest absolute Gasteiger partial charge is 0.459 e. The Balaban J connectivity index is 2.15. The molecule has 1 saturated heterocycles. The molecule has 2 heterocycles. The molecule has 0 radical (unpaired) electrons. The van der Waals surface area contributed by atoms with E-state index in [1.807, 2.05) is 0 Å². The Hall–Kier alpha value is -1.50. The van der Waals surface area contributed by atoms with Crippen molar-refractivity contribution < 1.29 is 27.1 Å². The smallest absolute Gasteiger partial charge is 0.406 e. The monoisotopic (exact) mass is 277 g/mol. The molecule has 0 N–H and O–H groups in total. The van der Waals surface area contributed by atoms with Crippen molar-refractivity contribution in [1.82, 2.24) is 4.90 Å². The van der Waals surface area contributed by atoms with Crippen LogP contribution in [0.4, 0.5) is 13.2 Å². The molecular formula is C12H14F3NO3. The maximum absolute atomic E-state index is 12.6. The van der Waals surface area contributed by atoms with E-state index < -0.39 is 24.7 Å². The molecule has 1 aliphatic rings. The number of carbonyl (C=O) groups excluding carboxylic acids is 1. The third kappa shape index (κ3) is 3.73. The lowest BCUT2D eigenvalue weighted by Crippen LogP contribution is -2.49. The van der Waals surface area contributed by atoms with Crippen LogP contribution < -0.4 is 0 Å². The number of alkyl halides is 3. The summed E-state index contributed by atoms with van der Waals surface area (Å²) in [4.78, 5) is 12.8. The molecule has 0 bridgehead atoms. The zero-order valence-electron chi connectivity index (χ0n) is 10.2. The van der Waals surface area contributed by atoms with E-state index in [0.717, 1.165) is 4.90 Å². The molecule has 1 atom stereocenters. The Labute approximate surface area is 108 Å². The Morgan fingerprint density at radius 2 is 2.26 bits per heavy atom. The maximum atomic E-state index is 12.6. The van der Waals surface area contributed by atoms with Crippen molar-refractivity contribution in [3.8, 4) is 0 Å². The van der Waals surface area contributed by atoms with Crippen LogP contribution in [0.2, 0.25) is 0 Å². The summed E-state index contributed by atoms with van der Waals surface area (Å²) in [5.74, 6) is -0.840. The first kappa shape index (κ1) is 13.9. The minimum absolute atomic E-state index is 0.0881. The second kappa shape index (κ2) is 5.64. The fraction of sp³-hybridized carbons (Fsp3) is 0.583. The van der Waals surface area contributed by atoms with Crippen molar-refractivity contribution in [1.29, 1.82) is 0 Å². The van der Waals surface area contributed by atoms with Gasteiger partial charge in [0.2, 0.25) is 0 Å². The van der Waals surface area contributed by atoms with Gasteiger partial charge in [-0.15, -0.1) is 0 Å². The van der Waals surface area contributed by atoms with E-state index in [-0.39, 0.29) is 12.4 Å². The van der Waals surface area contributed by atoms with Crippen LogP contribution in [0.15, 0.2) is 22.8 Å². The second-order valence-electron chi connectivity index (χ2n) is 4.40. The summed E-state index contributed by atoms with van der Waals surface area (Å²) in [6.07, 6.45) is -2.04. The van der Waals surface area contributed by atoms with Crippen LogP contribution in [0.5, 0.6) is 0 Å². The molecule has 0 aliphatic carbocycles. The van der Waals surface area contributed by atoms with E-state index in [9.17, 15) is 18.0 Å². The van der Waals surface area contributed by atoms with Crippen LogP contribution >= 0.6 is 0 Å². The van der Waals surface area contributed by atoms with Gasteiger partial charge in [-0.2, -0.15) is 13.2 Å². The van der Waals surface area contributed by atoms with Gasteiger partial charge in [0.25, 0.3) is 5.91 Å². The molecule has 0 saturated carbocycles. The molecule has 19 heavy (non-hydrogen) atoms. The Bertz CT molecular complexity index is 410. The van der Waals surface area contributed by atoms with E-state index in [2.05, 4.69) is 0 Å². The van der Waals surface area contributed by atoms with E-state index in [4.69, 9.17) is 9.15 Å². The fourth-order valence-electron chi connectivity index (χ4n) is 2.07. The van der Waals surface area contributed by atoms with E-state index >= 15 is 0 Å². The minimum atomic E-state index is -4.44. The highest BCUT2D eigenvalue weighted by atomic mass is 19.4. The Morgan fingerprint density at radius 1 is 1.47 bits per heavy atom. The number of nitrogens with zero attached hydrogens (tertiary/aromatic N) is 1. The molecule has 106 valence electrons. The van der Waals surface area contributed by atoms with Gasteiger partial charge in [-0.25, -0.2) is 0 Å². The van der Waals surface area contributed by atoms with Gasteiger partial charge in [0.15, 0.2) is 5.76 Å².